The number of aromatic nitrogens is 1. The van der Waals surface area contributed by atoms with Gasteiger partial charge in [0, 0.05) is 19.4 Å². The highest BCUT2D eigenvalue weighted by molar-refractivity contribution is 7.90. The Balaban J connectivity index is 2.16. The third-order valence-corrected chi connectivity index (χ3v) is 6.23. The van der Waals surface area contributed by atoms with E-state index in [0.29, 0.717) is 30.0 Å². The molecule has 0 aliphatic carbocycles. The average molecular weight is 423 g/mol. The van der Waals surface area contributed by atoms with Crippen LogP contribution in [0.2, 0.25) is 0 Å². The van der Waals surface area contributed by atoms with Crippen molar-refractivity contribution >= 4 is 37.3 Å². The van der Waals surface area contributed by atoms with Crippen LogP contribution in [0.1, 0.15) is 17.3 Å². The van der Waals surface area contributed by atoms with Crippen molar-refractivity contribution in [2.45, 2.75) is 18.4 Å². The highest BCUT2D eigenvalue weighted by atomic mass is 32.2. The second kappa shape index (κ2) is 8.34. The van der Waals surface area contributed by atoms with Gasteiger partial charge in [-0.05, 0) is 31.2 Å². The van der Waals surface area contributed by atoms with Crippen LogP contribution in [-0.4, -0.2) is 38.4 Å². The number of para-hydroxylation sites is 1. The summed E-state index contributed by atoms with van der Waals surface area (Å²) in [6.45, 7) is 3.01. The van der Waals surface area contributed by atoms with Crippen LogP contribution in [0.5, 0.6) is 0 Å². The summed E-state index contributed by atoms with van der Waals surface area (Å²) < 4.78 is 45.9. The van der Waals surface area contributed by atoms with Crippen LogP contribution in [0.25, 0.3) is 10.2 Å². The molecule has 1 aromatic heterocycles. The Morgan fingerprint density at radius 1 is 1.21 bits per heavy atom. The zero-order valence-electron chi connectivity index (χ0n) is 15.4. The molecule has 0 bridgehead atoms. The second-order valence-electron chi connectivity index (χ2n) is 6.01. The average Bonchev–Trinajstić information content (AvgIpc) is 3.00. The maximum Gasteiger partial charge on any atom is 0.280 e. The summed E-state index contributed by atoms with van der Waals surface area (Å²) in [4.78, 5) is 17.1. The number of halogens is 1. The molecule has 0 aliphatic rings. The molecule has 0 saturated heterocycles. The van der Waals surface area contributed by atoms with Gasteiger partial charge in [0.1, 0.15) is 5.82 Å². The number of sulfone groups is 1. The van der Waals surface area contributed by atoms with Gasteiger partial charge in [-0.2, -0.15) is 4.99 Å². The lowest BCUT2D eigenvalue weighted by Crippen LogP contribution is -2.20. The second-order valence-corrected chi connectivity index (χ2v) is 9.00. The summed E-state index contributed by atoms with van der Waals surface area (Å²) in [6, 6.07) is 10.6. The first-order valence-corrected chi connectivity index (χ1v) is 11.3. The predicted octanol–water partition coefficient (Wildman–Crippen LogP) is 3.02. The fourth-order valence-corrected chi connectivity index (χ4v) is 4.74. The van der Waals surface area contributed by atoms with E-state index in [1.807, 2.05) is 6.92 Å². The Labute approximate surface area is 165 Å². The molecule has 2 aromatic carbocycles. The predicted molar refractivity (Wildman–Crippen MR) is 106 cm³/mol. The Hall–Kier alpha value is -2.36. The summed E-state index contributed by atoms with van der Waals surface area (Å²) in [5.74, 6) is -1.12. The van der Waals surface area contributed by atoms with E-state index >= 15 is 0 Å². The van der Waals surface area contributed by atoms with Crippen LogP contribution < -0.4 is 4.80 Å². The van der Waals surface area contributed by atoms with Crippen molar-refractivity contribution in [3.05, 3.63) is 58.6 Å². The highest BCUT2D eigenvalue weighted by Crippen LogP contribution is 2.21. The smallest absolute Gasteiger partial charge is 0.280 e. The molecule has 0 saturated carbocycles. The van der Waals surface area contributed by atoms with Crippen LogP contribution in [0.3, 0.4) is 0 Å². The van der Waals surface area contributed by atoms with E-state index in [4.69, 9.17) is 4.74 Å². The van der Waals surface area contributed by atoms with Crippen LogP contribution >= 0.6 is 11.3 Å². The van der Waals surface area contributed by atoms with Crippen molar-refractivity contribution in [2.75, 3.05) is 19.5 Å². The molecular weight excluding hydrogens is 403 g/mol. The van der Waals surface area contributed by atoms with Crippen molar-refractivity contribution in [1.82, 2.24) is 4.57 Å². The maximum absolute atomic E-state index is 14.4. The molecule has 0 spiro atoms. The fraction of sp³-hybridized carbons (Fsp3) is 0.263. The lowest BCUT2D eigenvalue weighted by molar-refractivity contribution is 0.0993. The molecule has 148 valence electrons. The van der Waals surface area contributed by atoms with E-state index in [9.17, 15) is 17.6 Å². The summed E-state index contributed by atoms with van der Waals surface area (Å²) in [5, 5.41) is 0. The molecule has 6 nitrogen and oxygen atoms in total. The summed E-state index contributed by atoms with van der Waals surface area (Å²) in [6.07, 6.45) is 1.04. The fourth-order valence-electron chi connectivity index (χ4n) is 2.79. The molecule has 1 heterocycles. The Bertz CT molecular complexity index is 1200. The number of carbonyl (C=O) groups excluding carboxylic acids is 1. The number of nitrogens with zero attached hydrogens (tertiary/aromatic N) is 2. The minimum Gasteiger partial charge on any atom is -0.380 e. The van der Waals surface area contributed by atoms with Crippen molar-refractivity contribution in [3.8, 4) is 0 Å². The van der Waals surface area contributed by atoms with E-state index < -0.39 is 21.6 Å². The Morgan fingerprint density at radius 2 is 1.96 bits per heavy atom. The number of fused-ring (bicyclic) bond motifs is 1. The van der Waals surface area contributed by atoms with Gasteiger partial charge in [-0.3, -0.25) is 4.79 Å². The van der Waals surface area contributed by atoms with Crippen molar-refractivity contribution in [1.29, 1.82) is 0 Å². The van der Waals surface area contributed by atoms with Crippen LogP contribution in [0.15, 0.2) is 52.4 Å². The highest BCUT2D eigenvalue weighted by Gasteiger charge is 2.19. The third-order valence-electron chi connectivity index (χ3n) is 4.03. The molecule has 0 N–H and O–H groups in total. The number of carbonyl (C=O) groups is 1. The maximum atomic E-state index is 14.4. The van der Waals surface area contributed by atoms with Gasteiger partial charge in [-0.1, -0.05) is 29.5 Å². The molecule has 28 heavy (non-hydrogen) atoms. The monoisotopic (exact) mass is 422 g/mol. The largest absolute Gasteiger partial charge is 0.380 e. The quantitative estimate of drug-likeness (QED) is 0.572. The lowest BCUT2D eigenvalue weighted by Gasteiger charge is -2.06. The van der Waals surface area contributed by atoms with Crippen LogP contribution in [0.4, 0.5) is 4.39 Å². The number of thiazole rings is 1. The number of hydrogen-bond donors (Lipinski definition) is 0. The van der Waals surface area contributed by atoms with Gasteiger partial charge in [0.05, 0.1) is 27.3 Å². The number of hydrogen-bond acceptors (Lipinski definition) is 5. The lowest BCUT2D eigenvalue weighted by atomic mass is 10.2. The molecule has 9 heteroatoms. The zero-order chi connectivity index (χ0) is 20.3. The number of benzene rings is 2. The molecule has 0 aliphatic heterocycles. The van der Waals surface area contributed by atoms with Crippen LogP contribution in [0, 0.1) is 5.82 Å². The molecule has 0 atom stereocenters. The minimum absolute atomic E-state index is 0.0145. The van der Waals surface area contributed by atoms with Crippen LogP contribution in [-0.2, 0) is 21.1 Å². The van der Waals surface area contributed by atoms with Gasteiger partial charge < -0.3 is 9.30 Å². The van der Waals surface area contributed by atoms with Crippen molar-refractivity contribution < 1.29 is 22.3 Å². The van der Waals surface area contributed by atoms with Gasteiger partial charge in [-0.15, -0.1) is 0 Å². The first-order chi connectivity index (χ1) is 13.3. The Kier molecular flexibility index (Phi) is 6.07. The Morgan fingerprint density at radius 3 is 2.68 bits per heavy atom. The first-order valence-electron chi connectivity index (χ1n) is 8.56. The standard InChI is InChI=1S/C19H19FN2O4S2/c1-3-26-12-11-22-17-14(20)8-6-9-15(17)27-19(22)21-18(23)13-7-4-5-10-16(13)28(2,24)25/h4-10H,3,11-12H2,1-2H3. The van der Waals surface area contributed by atoms with Gasteiger partial charge in [0.15, 0.2) is 14.6 Å². The summed E-state index contributed by atoms with van der Waals surface area (Å²) in [7, 11) is -3.59. The normalized spacial score (nSPS) is 12.6. The molecule has 3 rings (SSSR count). The molecule has 0 fully saturated rings. The van der Waals surface area contributed by atoms with E-state index in [2.05, 4.69) is 4.99 Å². The number of ether oxygens (including phenoxy) is 1. The van der Waals surface area contributed by atoms with Crippen molar-refractivity contribution in [3.63, 3.8) is 0 Å². The number of amides is 1. The van der Waals surface area contributed by atoms with Gasteiger partial charge in [0.25, 0.3) is 5.91 Å². The SMILES string of the molecule is CCOCCn1c(=NC(=O)c2ccccc2S(C)(=O)=O)sc2cccc(F)c21. The molecular formula is C19H19FN2O4S2. The third kappa shape index (κ3) is 4.21. The van der Waals surface area contributed by atoms with E-state index in [1.54, 1.807) is 28.8 Å². The van der Waals surface area contributed by atoms with Gasteiger partial charge in [-0.25, -0.2) is 12.8 Å². The van der Waals surface area contributed by atoms with E-state index in [1.165, 1.54) is 18.2 Å². The molecule has 0 radical (unpaired) electrons. The van der Waals surface area contributed by atoms with Crippen molar-refractivity contribution in [2.24, 2.45) is 4.99 Å². The molecule has 1 amide bonds. The summed E-state index contributed by atoms with van der Waals surface area (Å²) in [5.41, 5.74) is 0.328. The molecule has 3 aromatic rings. The first kappa shape index (κ1) is 20.4. The van der Waals surface area contributed by atoms with Gasteiger partial charge in [0.2, 0.25) is 0 Å². The number of rotatable bonds is 6. The molecule has 0 unspecified atom stereocenters. The summed E-state index contributed by atoms with van der Waals surface area (Å²) >= 11 is 1.16. The van der Waals surface area contributed by atoms with E-state index in [-0.39, 0.29) is 15.3 Å². The minimum atomic E-state index is -3.59. The zero-order valence-corrected chi connectivity index (χ0v) is 17.0. The van der Waals surface area contributed by atoms with E-state index in [0.717, 1.165) is 17.6 Å². The van der Waals surface area contributed by atoms with Gasteiger partial charge >= 0.3 is 0 Å². The topological polar surface area (TPSA) is 77.7 Å².